The number of ether oxygens (including phenoxy) is 1. The molecule has 0 spiro atoms. The maximum atomic E-state index is 9.55. The number of aromatic amines is 1. The van der Waals surface area contributed by atoms with E-state index in [1.807, 2.05) is 31.2 Å². The lowest BCUT2D eigenvalue weighted by Crippen LogP contribution is -2.11. The molecule has 1 N–H and O–H groups in total. The van der Waals surface area contributed by atoms with Gasteiger partial charge in [0.1, 0.15) is 23.2 Å². The second-order valence-corrected chi connectivity index (χ2v) is 7.25. The van der Waals surface area contributed by atoms with Crippen LogP contribution in [0.5, 0.6) is 5.75 Å². The molecule has 134 valence electrons. The Bertz CT molecular complexity index is 952. The van der Waals surface area contributed by atoms with E-state index in [1.165, 1.54) is 0 Å². The van der Waals surface area contributed by atoms with Crippen LogP contribution in [0.25, 0.3) is 22.3 Å². The van der Waals surface area contributed by atoms with Crippen LogP contribution in [-0.4, -0.2) is 21.6 Å². The van der Waals surface area contributed by atoms with Gasteiger partial charge < -0.3 is 9.72 Å². The summed E-state index contributed by atoms with van der Waals surface area (Å²) in [5, 5.41) is 9.55. The molecule has 1 aromatic carbocycles. The van der Waals surface area contributed by atoms with Gasteiger partial charge in [-0.2, -0.15) is 5.26 Å². The van der Waals surface area contributed by atoms with Crippen molar-refractivity contribution in [1.82, 2.24) is 15.0 Å². The average molecular weight is 348 g/mol. The molecule has 0 radical (unpaired) electrons. The van der Waals surface area contributed by atoms with E-state index in [9.17, 15) is 5.26 Å². The number of aromatic nitrogens is 3. The normalized spacial score (nSPS) is 12.3. The minimum Gasteiger partial charge on any atom is -0.492 e. The molecule has 3 rings (SSSR count). The molecule has 5 heteroatoms. The summed E-state index contributed by atoms with van der Waals surface area (Å²) in [6, 6.07) is 9.89. The minimum absolute atomic E-state index is 0.452. The highest BCUT2D eigenvalue weighted by atomic mass is 16.5. The Kier molecular flexibility index (Phi) is 5.22. The zero-order valence-electron chi connectivity index (χ0n) is 15.7. The summed E-state index contributed by atoms with van der Waals surface area (Å²) in [5.41, 5.74) is 3.99. The van der Waals surface area contributed by atoms with Crippen molar-refractivity contribution in [2.24, 2.45) is 11.8 Å². The first-order valence-corrected chi connectivity index (χ1v) is 8.96. The summed E-state index contributed by atoms with van der Waals surface area (Å²) in [5.74, 6) is 2.54. The number of nitrogens with zero attached hydrogens (tertiary/aromatic N) is 3. The quantitative estimate of drug-likeness (QED) is 0.690. The van der Waals surface area contributed by atoms with Gasteiger partial charge in [-0.1, -0.05) is 26.8 Å². The lowest BCUT2D eigenvalue weighted by Gasteiger charge is -2.16. The zero-order chi connectivity index (χ0) is 18.7. The number of fused-ring (bicyclic) bond motifs is 1. The number of hydrogen-bond donors (Lipinski definition) is 1. The predicted octanol–water partition coefficient (Wildman–Crippen LogP) is 4.87. The van der Waals surface area contributed by atoms with Crippen LogP contribution in [0.1, 0.15) is 38.6 Å². The third-order valence-electron chi connectivity index (χ3n) is 4.31. The number of nitrogens with one attached hydrogen (secondary N) is 1. The van der Waals surface area contributed by atoms with E-state index in [0.29, 0.717) is 29.8 Å². The van der Waals surface area contributed by atoms with Crippen molar-refractivity contribution in [2.45, 2.75) is 34.1 Å². The SMILES string of the molecule is Cc1nc2c(-c3ccc(OCC(C)CC(C)C)c(C#N)c3)ccnc2[nH]1. The van der Waals surface area contributed by atoms with E-state index in [2.05, 4.69) is 41.8 Å². The maximum absolute atomic E-state index is 9.55. The minimum atomic E-state index is 0.452. The van der Waals surface area contributed by atoms with Gasteiger partial charge in [0.05, 0.1) is 12.2 Å². The van der Waals surface area contributed by atoms with Crippen LogP contribution >= 0.6 is 0 Å². The van der Waals surface area contributed by atoms with Crippen LogP contribution in [0.2, 0.25) is 0 Å². The third kappa shape index (κ3) is 3.85. The Morgan fingerprint density at radius 1 is 1.23 bits per heavy atom. The lowest BCUT2D eigenvalue weighted by molar-refractivity contribution is 0.238. The number of nitriles is 1. The van der Waals surface area contributed by atoms with E-state index in [-0.39, 0.29) is 0 Å². The van der Waals surface area contributed by atoms with Crippen molar-refractivity contribution in [3.8, 4) is 22.9 Å². The zero-order valence-corrected chi connectivity index (χ0v) is 15.7. The monoisotopic (exact) mass is 348 g/mol. The summed E-state index contributed by atoms with van der Waals surface area (Å²) >= 11 is 0. The molecule has 1 unspecified atom stereocenters. The topological polar surface area (TPSA) is 74.6 Å². The Morgan fingerprint density at radius 2 is 2.04 bits per heavy atom. The van der Waals surface area contributed by atoms with Gasteiger partial charge in [0.15, 0.2) is 5.65 Å². The molecule has 0 aliphatic rings. The molecule has 2 heterocycles. The molecule has 3 aromatic rings. The van der Waals surface area contributed by atoms with Gasteiger partial charge in [0, 0.05) is 11.8 Å². The molecule has 2 aromatic heterocycles. The highest BCUT2D eigenvalue weighted by Crippen LogP contribution is 2.30. The Hall–Kier alpha value is -2.87. The Morgan fingerprint density at radius 3 is 2.77 bits per heavy atom. The van der Waals surface area contributed by atoms with Gasteiger partial charge in [0.2, 0.25) is 0 Å². The molecule has 1 atom stereocenters. The molecule has 0 bridgehead atoms. The highest BCUT2D eigenvalue weighted by Gasteiger charge is 2.13. The van der Waals surface area contributed by atoms with Gasteiger partial charge in [-0.05, 0) is 48.9 Å². The standard InChI is InChI=1S/C21H24N4O/c1-13(2)9-14(3)12-26-19-6-5-16(10-17(19)11-22)18-7-8-23-21-20(18)24-15(4)25-21/h5-8,10,13-14H,9,12H2,1-4H3,(H,23,24,25). The average Bonchev–Trinajstić information content (AvgIpc) is 2.99. The van der Waals surface area contributed by atoms with Crippen LogP contribution in [-0.2, 0) is 0 Å². The van der Waals surface area contributed by atoms with Gasteiger partial charge >= 0.3 is 0 Å². The van der Waals surface area contributed by atoms with E-state index in [1.54, 1.807) is 6.20 Å². The van der Waals surface area contributed by atoms with Crippen molar-refractivity contribution in [3.63, 3.8) is 0 Å². The molecule has 0 amide bonds. The number of benzene rings is 1. The molecular weight excluding hydrogens is 324 g/mol. The smallest absolute Gasteiger partial charge is 0.157 e. The molecule has 0 saturated carbocycles. The third-order valence-corrected chi connectivity index (χ3v) is 4.31. The predicted molar refractivity (Wildman–Crippen MR) is 103 cm³/mol. The largest absolute Gasteiger partial charge is 0.492 e. The summed E-state index contributed by atoms with van der Waals surface area (Å²) in [7, 11) is 0. The number of imidazole rings is 1. The van der Waals surface area contributed by atoms with Gasteiger partial charge in [-0.3, -0.25) is 0 Å². The Labute approximate surface area is 154 Å². The van der Waals surface area contributed by atoms with Crippen molar-refractivity contribution in [2.75, 3.05) is 6.61 Å². The number of aryl methyl sites for hydroxylation is 1. The molecular formula is C21H24N4O. The molecule has 5 nitrogen and oxygen atoms in total. The first-order valence-electron chi connectivity index (χ1n) is 8.96. The second-order valence-electron chi connectivity index (χ2n) is 7.25. The van der Waals surface area contributed by atoms with Gasteiger partial charge in [-0.25, -0.2) is 9.97 Å². The van der Waals surface area contributed by atoms with E-state index in [4.69, 9.17) is 4.74 Å². The van der Waals surface area contributed by atoms with E-state index >= 15 is 0 Å². The molecule has 26 heavy (non-hydrogen) atoms. The fourth-order valence-corrected chi connectivity index (χ4v) is 3.27. The summed E-state index contributed by atoms with van der Waals surface area (Å²) in [6.45, 7) is 9.11. The molecule has 0 aliphatic heterocycles. The first kappa shape index (κ1) is 17.9. The Balaban J connectivity index is 1.88. The van der Waals surface area contributed by atoms with Gasteiger partial charge in [-0.15, -0.1) is 0 Å². The van der Waals surface area contributed by atoms with E-state index in [0.717, 1.165) is 34.5 Å². The highest BCUT2D eigenvalue weighted by molar-refractivity contribution is 5.90. The molecule has 0 fully saturated rings. The van der Waals surface area contributed by atoms with Crippen molar-refractivity contribution >= 4 is 11.2 Å². The van der Waals surface area contributed by atoms with Crippen LogP contribution in [0, 0.1) is 30.1 Å². The number of hydrogen-bond acceptors (Lipinski definition) is 4. The van der Waals surface area contributed by atoms with Crippen molar-refractivity contribution in [3.05, 3.63) is 41.9 Å². The van der Waals surface area contributed by atoms with Crippen molar-refractivity contribution < 1.29 is 4.74 Å². The fourth-order valence-electron chi connectivity index (χ4n) is 3.27. The number of rotatable bonds is 6. The number of pyridine rings is 1. The second kappa shape index (κ2) is 7.57. The van der Waals surface area contributed by atoms with Gasteiger partial charge in [0.25, 0.3) is 0 Å². The van der Waals surface area contributed by atoms with Crippen LogP contribution < -0.4 is 4.74 Å². The van der Waals surface area contributed by atoms with Crippen molar-refractivity contribution in [1.29, 1.82) is 5.26 Å². The molecule has 0 aliphatic carbocycles. The summed E-state index contributed by atoms with van der Waals surface area (Å²) in [4.78, 5) is 12.0. The van der Waals surface area contributed by atoms with Crippen LogP contribution in [0.4, 0.5) is 0 Å². The lowest BCUT2D eigenvalue weighted by atomic mass is 10.00. The van der Waals surface area contributed by atoms with Crippen LogP contribution in [0.3, 0.4) is 0 Å². The maximum Gasteiger partial charge on any atom is 0.157 e. The summed E-state index contributed by atoms with van der Waals surface area (Å²) < 4.78 is 5.92. The fraction of sp³-hybridized carbons (Fsp3) is 0.381. The van der Waals surface area contributed by atoms with Crippen LogP contribution in [0.15, 0.2) is 30.5 Å². The van der Waals surface area contributed by atoms with E-state index < -0.39 is 0 Å². The summed E-state index contributed by atoms with van der Waals surface area (Å²) in [6.07, 6.45) is 2.85. The first-order chi connectivity index (χ1) is 12.5. The molecule has 0 saturated heterocycles. The number of H-pyrrole nitrogens is 1.